The highest BCUT2D eigenvalue weighted by Gasteiger charge is 2.32. The molecule has 3 rings (SSSR count). The number of hydrogen-bond acceptors (Lipinski definition) is 3. The van der Waals surface area contributed by atoms with E-state index in [2.05, 4.69) is 5.16 Å². The lowest BCUT2D eigenvalue weighted by molar-refractivity contribution is 0.199. The van der Waals surface area contributed by atoms with Gasteiger partial charge in [0.2, 0.25) is 0 Å². The molecule has 1 amide bonds. The minimum absolute atomic E-state index is 0.0573. The van der Waals surface area contributed by atoms with Crippen LogP contribution < -0.4 is 4.90 Å². The van der Waals surface area contributed by atoms with E-state index in [1.165, 1.54) is 12.1 Å². The predicted octanol–water partition coefficient (Wildman–Crippen LogP) is 5.69. The first-order chi connectivity index (χ1) is 12.4. The average molecular weight is 375 g/mol. The third kappa shape index (κ3) is 3.15. The Kier molecular flexibility index (Phi) is 4.95. The highest BCUT2D eigenvalue weighted by molar-refractivity contribution is 6.31. The van der Waals surface area contributed by atoms with E-state index in [0.29, 0.717) is 16.3 Å². The van der Waals surface area contributed by atoms with Gasteiger partial charge >= 0.3 is 6.09 Å². The molecule has 0 radical (unpaired) electrons. The molecule has 0 aliphatic carbocycles. The maximum atomic E-state index is 14.2. The first-order valence-corrected chi connectivity index (χ1v) is 8.27. The van der Waals surface area contributed by atoms with Crippen LogP contribution in [-0.4, -0.2) is 16.4 Å². The molecule has 5 nitrogen and oxygen atoms in total. The normalized spacial score (nSPS) is 12.0. The Labute approximate surface area is 154 Å². The fourth-order valence-corrected chi connectivity index (χ4v) is 3.17. The zero-order chi connectivity index (χ0) is 18.8. The van der Waals surface area contributed by atoms with Crippen LogP contribution in [0, 0.1) is 12.7 Å². The average Bonchev–Trinajstić information content (AvgIpc) is 2.97. The number of nitrogens with zero attached hydrogens (tertiary/aromatic N) is 2. The van der Waals surface area contributed by atoms with E-state index < -0.39 is 18.0 Å². The monoisotopic (exact) mass is 374 g/mol. The van der Waals surface area contributed by atoms with Crippen LogP contribution in [0.3, 0.4) is 0 Å². The van der Waals surface area contributed by atoms with Crippen molar-refractivity contribution in [1.82, 2.24) is 5.16 Å². The first kappa shape index (κ1) is 17.9. The number of anilines is 1. The molecule has 1 heterocycles. The summed E-state index contributed by atoms with van der Waals surface area (Å²) < 4.78 is 19.5. The number of benzene rings is 2. The van der Waals surface area contributed by atoms with E-state index >= 15 is 0 Å². The largest absolute Gasteiger partial charge is 0.465 e. The third-order valence-electron chi connectivity index (χ3n) is 4.14. The topological polar surface area (TPSA) is 66.6 Å². The molecule has 2 aromatic carbocycles. The van der Waals surface area contributed by atoms with Crippen LogP contribution in [0.1, 0.15) is 24.2 Å². The Morgan fingerprint density at radius 2 is 1.88 bits per heavy atom. The minimum Gasteiger partial charge on any atom is -0.465 e. The summed E-state index contributed by atoms with van der Waals surface area (Å²) in [5.74, 6) is -0.470. The van der Waals surface area contributed by atoms with Crippen molar-refractivity contribution >= 4 is 23.4 Å². The number of rotatable bonds is 4. The lowest BCUT2D eigenvalue weighted by Crippen LogP contribution is -2.33. The minimum atomic E-state index is -1.22. The molecule has 0 fully saturated rings. The molecule has 1 aromatic heterocycles. The third-order valence-corrected chi connectivity index (χ3v) is 4.48. The van der Waals surface area contributed by atoms with Crippen molar-refractivity contribution in [1.29, 1.82) is 0 Å². The molecule has 0 saturated carbocycles. The number of carboxylic acid groups (broad SMARTS) is 1. The van der Waals surface area contributed by atoms with E-state index in [0.717, 1.165) is 4.90 Å². The van der Waals surface area contributed by atoms with E-state index in [4.69, 9.17) is 16.1 Å². The van der Waals surface area contributed by atoms with Gasteiger partial charge in [0.1, 0.15) is 17.2 Å². The number of amides is 1. The molecule has 1 atom stereocenters. The molecule has 0 aliphatic heterocycles. The molecule has 1 N–H and O–H groups in total. The quantitative estimate of drug-likeness (QED) is 0.637. The molecular formula is C19H16ClFN2O3. The second-order valence-corrected chi connectivity index (χ2v) is 6.18. The molecule has 134 valence electrons. The standard InChI is InChI=1S/C19H16ClFN2O3/c1-11-17(18(26-22-11)14-8-4-6-10-16(14)21)23(19(24)25)12(2)13-7-3-5-9-15(13)20/h3-10,12H,1-2H3,(H,24,25). The van der Waals surface area contributed by atoms with Crippen LogP contribution in [0.25, 0.3) is 11.3 Å². The lowest BCUT2D eigenvalue weighted by Gasteiger charge is -2.27. The van der Waals surface area contributed by atoms with E-state index in [1.807, 2.05) is 0 Å². The summed E-state index contributed by atoms with van der Waals surface area (Å²) in [6.45, 7) is 3.31. The fourth-order valence-electron chi connectivity index (χ4n) is 2.88. The second-order valence-electron chi connectivity index (χ2n) is 5.78. The summed E-state index contributed by atoms with van der Waals surface area (Å²) in [4.78, 5) is 13.2. The summed E-state index contributed by atoms with van der Waals surface area (Å²) >= 11 is 6.23. The number of halogens is 2. The summed E-state index contributed by atoms with van der Waals surface area (Å²) in [7, 11) is 0. The van der Waals surface area contributed by atoms with Gasteiger partial charge in [0.05, 0.1) is 11.6 Å². The zero-order valence-electron chi connectivity index (χ0n) is 14.1. The van der Waals surface area contributed by atoms with Gasteiger partial charge in [-0.25, -0.2) is 9.18 Å². The molecule has 0 aliphatic rings. The van der Waals surface area contributed by atoms with Crippen LogP contribution >= 0.6 is 11.6 Å². The van der Waals surface area contributed by atoms with Crippen LogP contribution in [-0.2, 0) is 0 Å². The van der Waals surface area contributed by atoms with Crippen LogP contribution in [0.2, 0.25) is 5.02 Å². The second kappa shape index (κ2) is 7.17. The van der Waals surface area contributed by atoms with E-state index in [9.17, 15) is 14.3 Å². The van der Waals surface area contributed by atoms with Gasteiger partial charge in [-0.15, -0.1) is 0 Å². The van der Waals surface area contributed by atoms with E-state index in [1.54, 1.807) is 50.2 Å². The molecule has 26 heavy (non-hydrogen) atoms. The predicted molar refractivity (Wildman–Crippen MR) is 97.0 cm³/mol. The SMILES string of the molecule is Cc1noc(-c2ccccc2F)c1N(C(=O)O)C(C)c1ccccc1Cl. The molecule has 7 heteroatoms. The number of carbonyl (C=O) groups is 1. The van der Waals surface area contributed by atoms with Crippen molar-refractivity contribution in [2.45, 2.75) is 19.9 Å². The van der Waals surface area contributed by atoms with Crippen LogP contribution in [0.15, 0.2) is 53.1 Å². The van der Waals surface area contributed by atoms with Crippen LogP contribution in [0.4, 0.5) is 14.9 Å². The lowest BCUT2D eigenvalue weighted by atomic mass is 10.0. The number of aromatic nitrogens is 1. The van der Waals surface area contributed by atoms with Gasteiger partial charge < -0.3 is 9.63 Å². The van der Waals surface area contributed by atoms with Gasteiger partial charge in [-0.05, 0) is 37.6 Å². The van der Waals surface area contributed by atoms with Crippen LogP contribution in [0.5, 0.6) is 0 Å². The molecular weight excluding hydrogens is 359 g/mol. The molecule has 3 aromatic rings. The maximum Gasteiger partial charge on any atom is 0.412 e. The van der Waals surface area contributed by atoms with Gasteiger partial charge in [0, 0.05) is 5.02 Å². The Hall–Kier alpha value is -2.86. The van der Waals surface area contributed by atoms with Crippen molar-refractivity contribution in [3.05, 3.63) is 70.6 Å². The van der Waals surface area contributed by atoms with Gasteiger partial charge in [-0.3, -0.25) is 4.90 Å². The number of aryl methyl sites for hydroxylation is 1. The van der Waals surface area contributed by atoms with E-state index in [-0.39, 0.29) is 17.0 Å². The van der Waals surface area contributed by atoms with Crippen molar-refractivity contribution in [2.75, 3.05) is 4.90 Å². The first-order valence-electron chi connectivity index (χ1n) is 7.89. The molecule has 0 bridgehead atoms. The molecule has 0 spiro atoms. The fraction of sp³-hybridized carbons (Fsp3) is 0.158. The summed E-state index contributed by atoms with van der Waals surface area (Å²) in [6, 6.07) is 12.3. The molecule has 0 saturated heterocycles. The van der Waals surface area contributed by atoms with Crippen molar-refractivity contribution in [3.63, 3.8) is 0 Å². The Morgan fingerprint density at radius 3 is 2.54 bits per heavy atom. The van der Waals surface area contributed by atoms with Gasteiger partial charge in [0.25, 0.3) is 0 Å². The van der Waals surface area contributed by atoms with Crippen molar-refractivity contribution in [3.8, 4) is 11.3 Å². The van der Waals surface area contributed by atoms with Crippen molar-refractivity contribution in [2.24, 2.45) is 0 Å². The van der Waals surface area contributed by atoms with Gasteiger partial charge in [-0.1, -0.05) is 47.1 Å². The number of hydrogen-bond donors (Lipinski definition) is 1. The summed E-state index contributed by atoms with van der Waals surface area (Å²) in [5, 5.41) is 14.1. The van der Waals surface area contributed by atoms with Gasteiger partial charge in [0.15, 0.2) is 5.76 Å². The van der Waals surface area contributed by atoms with Crippen molar-refractivity contribution < 1.29 is 18.8 Å². The Morgan fingerprint density at radius 1 is 1.23 bits per heavy atom. The smallest absolute Gasteiger partial charge is 0.412 e. The Balaban J connectivity index is 2.16. The highest BCUT2D eigenvalue weighted by Crippen LogP contribution is 2.40. The van der Waals surface area contributed by atoms with Gasteiger partial charge in [-0.2, -0.15) is 0 Å². The highest BCUT2D eigenvalue weighted by atomic mass is 35.5. The maximum absolute atomic E-state index is 14.2. The zero-order valence-corrected chi connectivity index (χ0v) is 14.9. The summed E-state index contributed by atoms with van der Waals surface area (Å²) in [6.07, 6.45) is -1.22. The Bertz CT molecular complexity index is 957. The summed E-state index contributed by atoms with van der Waals surface area (Å²) in [5.41, 5.74) is 1.29. The molecule has 1 unspecified atom stereocenters.